The van der Waals surface area contributed by atoms with E-state index >= 15 is 0 Å². The predicted molar refractivity (Wildman–Crippen MR) is 126 cm³/mol. The average Bonchev–Trinajstić information content (AvgIpc) is 2.79. The van der Waals surface area contributed by atoms with E-state index < -0.39 is 144 Å². The summed E-state index contributed by atoms with van der Waals surface area (Å²) in [5.41, 5.74) is 0. The van der Waals surface area contributed by atoms with E-state index in [0.29, 0.717) is 0 Å². The van der Waals surface area contributed by atoms with E-state index in [1.807, 2.05) is 0 Å². The molecule has 0 atom stereocenters. The van der Waals surface area contributed by atoms with Gasteiger partial charge in [-0.3, -0.25) is 0 Å². The lowest BCUT2D eigenvalue weighted by atomic mass is 10.5. The smallest absolute Gasteiger partial charge is 0.389 e. The first-order valence-corrected chi connectivity index (χ1v) is 19.6. The summed E-state index contributed by atoms with van der Waals surface area (Å²) in [6.07, 6.45) is -44.4. The predicted octanol–water partition coefficient (Wildman–Crippen LogP) is 10.1. The fourth-order valence-corrected chi connectivity index (χ4v) is 19.0. The summed E-state index contributed by atoms with van der Waals surface area (Å²) >= 11 is 0. The van der Waals surface area contributed by atoms with Crippen LogP contribution in [0.15, 0.2) is 0 Å². The Morgan fingerprint density at radius 1 is 0.400 bits per heavy atom. The Morgan fingerprint density at radius 2 is 0.644 bits per heavy atom. The quantitative estimate of drug-likeness (QED) is 0.112. The average molecular weight is 761 g/mol. The summed E-state index contributed by atoms with van der Waals surface area (Å²) in [4.78, 5) is 10.9. The Kier molecular flexibility index (Phi) is 15.8. The summed E-state index contributed by atoms with van der Waals surface area (Å²) in [6, 6.07) is -10.4. The molecule has 0 radical (unpaired) electrons. The largest absolute Gasteiger partial charge is 0.415 e. The monoisotopic (exact) mass is 760 g/mol. The number of halogens is 18. The zero-order chi connectivity index (χ0) is 35.8. The lowest BCUT2D eigenvalue weighted by Crippen LogP contribution is -2.61. The highest BCUT2D eigenvalue weighted by molar-refractivity contribution is 6.86. The fraction of sp³-hybridized carbons (Fsp3) is 1.00. The molecular formula is C20H30F18O4Si3. The van der Waals surface area contributed by atoms with Crippen molar-refractivity contribution in [1.82, 2.24) is 0 Å². The van der Waals surface area contributed by atoms with Crippen LogP contribution in [0.2, 0.25) is 36.3 Å². The molecule has 0 aromatic heterocycles. The third kappa shape index (κ3) is 22.4. The van der Waals surface area contributed by atoms with Crippen molar-refractivity contribution < 1.29 is 96.5 Å². The van der Waals surface area contributed by atoms with Crippen LogP contribution in [0.5, 0.6) is 0 Å². The van der Waals surface area contributed by atoms with E-state index in [9.17, 15) is 83.8 Å². The molecule has 45 heavy (non-hydrogen) atoms. The molecule has 0 bridgehead atoms. The molecule has 0 aliphatic heterocycles. The van der Waals surface area contributed by atoms with Gasteiger partial charge < -0.3 is 17.5 Å². The van der Waals surface area contributed by atoms with Crippen molar-refractivity contribution in [3.05, 3.63) is 0 Å². The molecule has 0 fully saturated rings. The molecular weight excluding hydrogens is 730 g/mol. The molecule has 0 rings (SSSR count). The summed E-state index contributed by atoms with van der Waals surface area (Å²) < 4.78 is 252. The number of hydrogen-bond donors (Lipinski definition) is 1. The van der Waals surface area contributed by atoms with Crippen LogP contribution in [-0.2, 0) is 12.7 Å². The molecule has 25 heteroatoms. The van der Waals surface area contributed by atoms with E-state index in [4.69, 9.17) is 12.7 Å². The third-order valence-electron chi connectivity index (χ3n) is 5.91. The molecule has 0 aromatic carbocycles. The summed E-state index contributed by atoms with van der Waals surface area (Å²) in [5.74, 6) is 0. The molecule has 0 aliphatic carbocycles. The van der Waals surface area contributed by atoms with Crippen LogP contribution in [0, 0.1) is 0 Å². The van der Waals surface area contributed by atoms with E-state index in [1.165, 1.54) is 0 Å². The maximum atomic E-state index is 13.3. The van der Waals surface area contributed by atoms with Gasteiger partial charge >= 0.3 is 62.7 Å². The van der Waals surface area contributed by atoms with Crippen molar-refractivity contribution in [2.24, 2.45) is 0 Å². The molecule has 4 nitrogen and oxygen atoms in total. The van der Waals surface area contributed by atoms with Crippen LogP contribution in [0.3, 0.4) is 0 Å². The van der Waals surface area contributed by atoms with Crippen molar-refractivity contribution in [2.45, 2.75) is 119 Å². The third-order valence-corrected chi connectivity index (χ3v) is 18.8. The molecule has 272 valence electrons. The SMILES string of the molecule is CCO[Si](CCC(F)(F)F)(CCC(F)(F)F)O[Si](CCC(F)(F)F)(CCC(F)(F)F)O[Si](O)(CCC(F)(F)F)CCC(F)(F)F. The molecule has 0 heterocycles. The van der Waals surface area contributed by atoms with Gasteiger partial charge in [0.1, 0.15) is 0 Å². The Labute approximate surface area is 248 Å². The van der Waals surface area contributed by atoms with Crippen molar-refractivity contribution in [3.8, 4) is 0 Å². The maximum absolute atomic E-state index is 13.3. The van der Waals surface area contributed by atoms with Crippen molar-refractivity contribution in [1.29, 1.82) is 0 Å². The summed E-state index contributed by atoms with van der Waals surface area (Å²) in [5, 5.41) is 0. The second-order valence-electron chi connectivity index (χ2n) is 10.1. The Hall–Kier alpha value is -0.769. The molecule has 0 saturated carbocycles. The normalized spacial score (nSPS) is 15.2. The number of rotatable bonds is 18. The second-order valence-corrected chi connectivity index (χ2v) is 20.6. The van der Waals surface area contributed by atoms with Crippen molar-refractivity contribution in [2.75, 3.05) is 6.61 Å². The van der Waals surface area contributed by atoms with Crippen LogP contribution in [0.25, 0.3) is 0 Å². The van der Waals surface area contributed by atoms with Gasteiger partial charge in [-0.05, 0) is 43.2 Å². The minimum absolute atomic E-state index is 0.811. The van der Waals surface area contributed by atoms with Gasteiger partial charge in [0.15, 0.2) is 0 Å². The van der Waals surface area contributed by atoms with Crippen LogP contribution in [0.1, 0.15) is 45.4 Å². The minimum atomic E-state index is -5.87. The van der Waals surface area contributed by atoms with Crippen LogP contribution < -0.4 is 0 Å². The van der Waals surface area contributed by atoms with Gasteiger partial charge in [-0.1, -0.05) is 0 Å². The van der Waals surface area contributed by atoms with Crippen LogP contribution >= 0.6 is 0 Å². The molecule has 0 aliphatic rings. The Balaban J connectivity index is 7.37. The zero-order valence-electron chi connectivity index (χ0n) is 23.2. The van der Waals surface area contributed by atoms with E-state index in [1.54, 1.807) is 0 Å². The summed E-state index contributed by atoms with van der Waals surface area (Å²) in [7, 11) is -17.0. The Bertz CT molecular complexity index is 814. The van der Waals surface area contributed by atoms with Gasteiger partial charge in [0.2, 0.25) is 0 Å². The fourth-order valence-electron chi connectivity index (χ4n) is 3.93. The van der Waals surface area contributed by atoms with Gasteiger partial charge in [0.25, 0.3) is 0 Å². The first kappa shape index (κ1) is 44.2. The number of hydrogen-bond acceptors (Lipinski definition) is 4. The van der Waals surface area contributed by atoms with Gasteiger partial charge in [-0.15, -0.1) is 0 Å². The lowest BCUT2D eigenvalue weighted by Gasteiger charge is -2.45. The topological polar surface area (TPSA) is 47.9 Å². The molecule has 1 N–H and O–H groups in total. The molecule has 0 saturated heterocycles. The van der Waals surface area contributed by atoms with E-state index in [0.717, 1.165) is 6.92 Å². The van der Waals surface area contributed by atoms with Crippen LogP contribution in [-0.4, -0.2) is 74.1 Å². The lowest BCUT2D eigenvalue weighted by molar-refractivity contribution is -0.134. The van der Waals surface area contributed by atoms with E-state index in [2.05, 4.69) is 0 Å². The zero-order valence-corrected chi connectivity index (χ0v) is 26.2. The maximum Gasteiger partial charge on any atom is 0.389 e. The molecule has 0 spiro atoms. The highest BCUT2D eigenvalue weighted by Crippen LogP contribution is 2.43. The number of alkyl halides is 18. The van der Waals surface area contributed by atoms with Crippen molar-refractivity contribution in [3.63, 3.8) is 0 Å². The second kappa shape index (κ2) is 16.1. The first-order valence-electron chi connectivity index (χ1n) is 12.9. The summed E-state index contributed by atoms with van der Waals surface area (Å²) in [6.45, 7) is 0.161. The van der Waals surface area contributed by atoms with E-state index in [-0.39, 0.29) is 0 Å². The minimum Gasteiger partial charge on any atom is -0.415 e. The highest BCUT2D eigenvalue weighted by Gasteiger charge is 2.57. The van der Waals surface area contributed by atoms with Gasteiger partial charge in [0.05, 0.1) is 0 Å². The van der Waals surface area contributed by atoms with Crippen LogP contribution in [0.4, 0.5) is 79.0 Å². The van der Waals surface area contributed by atoms with Gasteiger partial charge in [-0.25, -0.2) is 0 Å². The Morgan fingerprint density at radius 3 is 0.889 bits per heavy atom. The van der Waals surface area contributed by atoms with Crippen molar-refractivity contribution >= 4 is 25.7 Å². The molecule has 0 unspecified atom stereocenters. The first-order chi connectivity index (χ1) is 19.7. The van der Waals surface area contributed by atoms with Gasteiger partial charge in [-0.2, -0.15) is 79.0 Å². The van der Waals surface area contributed by atoms with Gasteiger partial charge in [0, 0.05) is 45.1 Å². The molecule has 0 aromatic rings. The standard InChI is InChI=1S/C20H30F18O4Si3/c1-2-40-44(11-5-17(27,28)29,12-6-18(30,31)32)42-45(13-7-19(33,34)35,14-8-20(36,37)38)41-43(39,9-3-15(21,22)23)10-4-16(24,25)26/h39H,2-14H2,1H3. The molecule has 0 amide bonds. The highest BCUT2D eigenvalue weighted by atomic mass is 28.5.